The van der Waals surface area contributed by atoms with E-state index in [9.17, 15) is 8.78 Å². The monoisotopic (exact) mass is 178 g/mol. The third-order valence-electron chi connectivity index (χ3n) is 1.33. The molecule has 1 aromatic rings. The summed E-state index contributed by atoms with van der Waals surface area (Å²) < 4.78 is 23.8. The van der Waals surface area contributed by atoms with Crippen molar-refractivity contribution in [1.29, 1.82) is 0 Å². The number of aliphatic hydroxyl groups is 1. The maximum Gasteiger partial charge on any atom is 0.268 e. The van der Waals surface area contributed by atoms with E-state index in [2.05, 4.69) is 0 Å². The van der Waals surface area contributed by atoms with Crippen LogP contribution in [-0.4, -0.2) is 11.5 Å². The van der Waals surface area contributed by atoms with Gasteiger partial charge in [0.2, 0.25) is 0 Å². The molecule has 1 unspecified atom stereocenters. The van der Waals surface area contributed by atoms with Crippen molar-refractivity contribution in [3.05, 3.63) is 21.9 Å². The van der Waals surface area contributed by atoms with E-state index in [4.69, 9.17) is 5.11 Å². The Balaban J connectivity index is 2.76. The van der Waals surface area contributed by atoms with Crippen LogP contribution in [0.15, 0.2) is 11.4 Å². The predicted octanol–water partition coefficient (Wildman–Crippen LogP) is 2.36. The second kappa shape index (κ2) is 3.28. The molecule has 1 atom stereocenters. The highest BCUT2D eigenvalue weighted by atomic mass is 32.1. The molecule has 0 amide bonds. The molecule has 11 heavy (non-hydrogen) atoms. The second-order valence-electron chi connectivity index (χ2n) is 2.27. The topological polar surface area (TPSA) is 20.2 Å². The van der Waals surface area contributed by atoms with Gasteiger partial charge in [-0.25, -0.2) is 8.78 Å². The van der Waals surface area contributed by atoms with Crippen LogP contribution in [0.25, 0.3) is 0 Å². The first-order valence-corrected chi connectivity index (χ1v) is 4.00. The molecule has 0 aliphatic heterocycles. The van der Waals surface area contributed by atoms with E-state index in [0.29, 0.717) is 5.56 Å². The van der Waals surface area contributed by atoms with Crippen LogP contribution in [0.5, 0.6) is 0 Å². The Labute approximate surface area is 67.3 Å². The summed E-state index contributed by atoms with van der Waals surface area (Å²) in [6.45, 7) is 1.81. The van der Waals surface area contributed by atoms with E-state index < -0.39 is 12.5 Å². The number of thiophene rings is 1. The molecule has 1 nitrogen and oxygen atoms in total. The lowest BCUT2D eigenvalue weighted by Gasteiger charge is -2.05. The van der Waals surface area contributed by atoms with E-state index in [-0.39, 0.29) is 0 Å². The summed E-state index contributed by atoms with van der Waals surface area (Å²) in [5.41, 5.74) is 0.308. The van der Waals surface area contributed by atoms with Gasteiger partial charge in [0.05, 0.1) is 0 Å². The summed E-state index contributed by atoms with van der Waals surface area (Å²) in [6.07, 6.45) is -4.32. The van der Waals surface area contributed by atoms with E-state index in [1.54, 1.807) is 11.4 Å². The predicted molar refractivity (Wildman–Crippen MR) is 40.0 cm³/mol. The van der Waals surface area contributed by atoms with Gasteiger partial charge in [0.1, 0.15) is 6.10 Å². The van der Waals surface area contributed by atoms with Crippen molar-refractivity contribution in [1.82, 2.24) is 0 Å². The summed E-state index contributed by atoms with van der Waals surface area (Å²) in [4.78, 5) is 0.930. The number of aliphatic hydroxyl groups excluding tert-OH is 1. The third kappa shape index (κ3) is 1.97. The number of hydrogen-bond acceptors (Lipinski definition) is 2. The van der Waals surface area contributed by atoms with E-state index in [1.807, 2.05) is 6.92 Å². The normalized spacial score (nSPS) is 13.9. The van der Waals surface area contributed by atoms with E-state index in [1.165, 1.54) is 11.3 Å². The van der Waals surface area contributed by atoms with Crippen LogP contribution in [0.2, 0.25) is 0 Å². The standard InChI is InChI=1S/C7H8F2OS/c1-4-2-5(3-11-4)6(10)7(8)9/h2-3,6-7,10H,1H3. The van der Waals surface area contributed by atoms with Crippen LogP contribution in [0, 0.1) is 6.92 Å². The lowest BCUT2D eigenvalue weighted by molar-refractivity contribution is -0.00555. The molecule has 0 fully saturated rings. The number of hydrogen-bond donors (Lipinski definition) is 1. The van der Waals surface area contributed by atoms with E-state index >= 15 is 0 Å². The first-order valence-electron chi connectivity index (χ1n) is 3.12. The minimum Gasteiger partial charge on any atom is -0.382 e. The largest absolute Gasteiger partial charge is 0.382 e. The number of aryl methyl sites for hydroxylation is 1. The average Bonchev–Trinajstić information content (AvgIpc) is 2.34. The van der Waals surface area contributed by atoms with Crippen molar-refractivity contribution in [2.75, 3.05) is 0 Å². The molecule has 0 aliphatic carbocycles. The van der Waals surface area contributed by atoms with Crippen LogP contribution >= 0.6 is 11.3 Å². The first-order chi connectivity index (χ1) is 5.11. The summed E-state index contributed by atoms with van der Waals surface area (Å²) in [5.74, 6) is 0. The lowest BCUT2D eigenvalue weighted by Crippen LogP contribution is -2.06. The van der Waals surface area contributed by atoms with Crippen molar-refractivity contribution in [3.8, 4) is 0 Å². The SMILES string of the molecule is Cc1cc(C(O)C(F)F)cs1. The smallest absolute Gasteiger partial charge is 0.268 e. The molecular formula is C7H8F2OS. The molecular weight excluding hydrogens is 170 g/mol. The molecule has 4 heteroatoms. The molecule has 0 aliphatic rings. The van der Waals surface area contributed by atoms with Gasteiger partial charge in [-0.2, -0.15) is 0 Å². The van der Waals surface area contributed by atoms with Crippen LogP contribution in [0.1, 0.15) is 16.5 Å². The maximum atomic E-state index is 11.9. The maximum absolute atomic E-state index is 11.9. The highest BCUT2D eigenvalue weighted by molar-refractivity contribution is 7.10. The van der Waals surface area contributed by atoms with E-state index in [0.717, 1.165) is 4.88 Å². The highest BCUT2D eigenvalue weighted by Gasteiger charge is 2.19. The molecule has 0 aromatic carbocycles. The number of alkyl halides is 2. The molecule has 1 rings (SSSR count). The Morgan fingerprint density at radius 3 is 2.55 bits per heavy atom. The Morgan fingerprint density at radius 2 is 2.18 bits per heavy atom. The quantitative estimate of drug-likeness (QED) is 0.737. The molecule has 62 valence electrons. The second-order valence-corrected chi connectivity index (χ2v) is 3.39. The molecule has 0 spiro atoms. The van der Waals surface area contributed by atoms with Gasteiger partial charge in [-0.05, 0) is 23.9 Å². The summed E-state index contributed by atoms with van der Waals surface area (Å²) >= 11 is 1.36. The third-order valence-corrected chi connectivity index (χ3v) is 2.21. The molecule has 0 radical (unpaired) electrons. The Kier molecular flexibility index (Phi) is 2.57. The Bertz CT molecular complexity index is 234. The van der Waals surface area contributed by atoms with Gasteiger partial charge in [0.15, 0.2) is 0 Å². The van der Waals surface area contributed by atoms with Gasteiger partial charge in [0, 0.05) is 4.88 Å². The molecule has 0 saturated heterocycles. The van der Waals surface area contributed by atoms with Crippen LogP contribution in [-0.2, 0) is 0 Å². The fourth-order valence-corrected chi connectivity index (χ4v) is 1.50. The van der Waals surface area contributed by atoms with Gasteiger partial charge in [-0.3, -0.25) is 0 Å². The fraction of sp³-hybridized carbons (Fsp3) is 0.429. The van der Waals surface area contributed by atoms with Crippen molar-refractivity contribution < 1.29 is 13.9 Å². The van der Waals surface area contributed by atoms with Gasteiger partial charge in [-0.1, -0.05) is 0 Å². The fourth-order valence-electron chi connectivity index (χ4n) is 0.764. The minimum absolute atomic E-state index is 0.308. The minimum atomic E-state index is -2.69. The summed E-state index contributed by atoms with van der Waals surface area (Å²) in [7, 11) is 0. The molecule has 0 bridgehead atoms. The van der Waals surface area contributed by atoms with Gasteiger partial charge >= 0.3 is 0 Å². The van der Waals surface area contributed by atoms with Crippen molar-refractivity contribution in [2.24, 2.45) is 0 Å². The zero-order valence-electron chi connectivity index (χ0n) is 5.92. The number of halogens is 2. The van der Waals surface area contributed by atoms with Crippen molar-refractivity contribution >= 4 is 11.3 Å². The summed E-state index contributed by atoms with van der Waals surface area (Å²) in [6, 6.07) is 1.57. The van der Waals surface area contributed by atoms with Crippen LogP contribution in [0.3, 0.4) is 0 Å². The molecule has 1 aromatic heterocycles. The highest BCUT2D eigenvalue weighted by Crippen LogP contribution is 2.24. The van der Waals surface area contributed by atoms with Crippen LogP contribution in [0.4, 0.5) is 8.78 Å². The van der Waals surface area contributed by atoms with Gasteiger partial charge < -0.3 is 5.11 Å². The molecule has 0 saturated carbocycles. The first kappa shape index (κ1) is 8.62. The zero-order chi connectivity index (χ0) is 8.43. The van der Waals surface area contributed by atoms with Crippen LogP contribution < -0.4 is 0 Å². The zero-order valence-corrected chi connectivity index (χ0v) is 6.74. The van der Waals surface area contributed by atoms with Crippen molar-refractivity contribution in [3.63, 3.8) is 0 Å². The average molecular weight is 178 g/mol. The molecule has 1 N–H and O–H groups in total. The Hall–Kier alpha value is -0.480. The van der Waals surface area contributed by atoms with Crippen molar-refractivity contribution in [2.45, 2.75) is 19.5 Å². The summed E-state index contributed by atoms with van der Waals surface area (Å²) in [5, 5.41) is 10.4. The number of rotatable bonds is 2. The van der Waals surface area contributed by atoms with Gasteiger partial charge in [0.25, 0.3) is 6.43 Å². The lowest BCUT2D eigenvalue weighted by atomic mass is 10.2. The Morgan fingerprint density at radius 1 is 1.55 bits per heavy atom. The van der Waals surface area contributed by atoms with Gasteiger partial charge in [-0.15, -0.1) is 11.3 Å². The molecule has 1 heterocycles.